The number of rotatable bonds is 6. The second-order valence-electron chi connectivity index (χ2n) is 3.86. The molecule has 0 aliphatic rings. The molecule has 1 rings (SSSR count). The molecule has 0 spiro atoms. The van der Waals surface area contributed by atoms with Gasteiger partial charge in [0, 0.05) is 25.2 Å². The molecule has 0 atom stereocenters. The van der Waals surface area contributed by atoms with E-state index >= 15 is 0 Å². The number of carbonyl (C=O) groups is 1. The molecule has 0 bridgehead atoms. The van der Waals surface area contributed by atoms with Gasteiger partial charge < -0.3 is 10.0 Å². The third kappa shape index (κ3) is 3.48. The number of benzene rings is 1. The molecule has 108 valence electrons. The fraction of sp³-hybridized carbons (Fsp3) is 0.364. The maximum absolute atomic E-state index is 12.1. The molecule has 0 saturated heterocycles. The van der Waals surface area contributed by atoms with Gasteiger partial charge in [0.15, 0.2) is 0 Å². The van der Waals surface area contributed by atoms with Gasteiger partial charge in [0.1, 0.15) is 0 Å². The van der Waals surface area contributed by atoms with E-state index in [0.717, 1.165) is 18.2 Å². The highest BCUT2D eigenvalue weighted by Crippen LogP contribution is 2.23. The first kappa shape index (κ1) is 15.5. The molecule has 0 saturated carbocycles. The van der Waals surface area contributed by atoms with Crippen LogP contribution in [0.2, 0.25) is 0 Å². The number of likely N-dealkylation sites (N-methyl/N-ethyl adjacent to an activating group) is 1. The molecule has 9 heteroatoms. The van der Waals surface area contributed by atoms with Crippen LogP contribution in [0.5, 0.6) is 0 Å². The molecule has 9 nitrogen and oxygen atoms in total. The predicted molar refractivity (Wildman–Crippen MR) is 68.4 cm³/mol. The quantitative estimate of drug-likeness (QED) is 0.611. The van der Waals surface area contributed by atoms with Gasteiger partial charge in [-0.05, 0) is 6.92 Å². The van der Waals surface area contributed by atoms with Crippen LogP contribution in [0.1, 0.15) is 17.3 Å². The predicted octanol–water partition coefficient (Wildman–Crippen LogP) is 0.957. The first-order valence-corrected chi connectivity index (χ1v) is 5.74. The van der Waals surface area contributed by atoms with Gasteiger partial charge in [-0.2, -0.15) is 0 Å². The lowest BCUT2D eigenvalue weighted by Crippen LogP contribution is -2.33. The van der Waals surface area contributed by atoms with E-state index in [1.54, 1.807) is 6.92 Å². The van der Waals surface area contributed by atoms with Crippen molar-refractivity contribution in [3.63, 3.8) is 0 Å². The van der Waals surface area contributed by atoms with Gasteiger partial charge in [-0.1, -0.05) is 0 Å². The summed E-state index contributed by atoms with van der Waals surface area (Å²) in [4.78, 5) is 33.2. The average molecular weight is 283 g/mol. The minimum Gasteiger partial charge on any atom is -0.395 e. The number of aliphatic hydroxyl groups is 1. The van der Waals surface area contributed by atoms with Crippen molar-refractivity contribution in [2.24, 2.45) is 0 Å². The molecule has 0 unspecified atom stereocenters. The zero-order chi connectivity index (χ0) is 15.3. The molecule has 1 amide bonds. The van der Waals surface area contributed by atoms with Crippen molar-refractivity contribution in [1.82, 2.24) is 4.90 Å². The Kier molecular flexibility index (Phi) is 5.09. The summed E-state index contributed by atoms with van der Waals surface area (Å²) in [5.41, 5.74) is -1.20. The maximum atomic E-state index is 12.1. The molecule has 0 aliphatic heterocycles. The normalized spacial score (nSPS) is 10.1. The Labute approximate surface area is 113 Å². The van der Waals surface area contributed by atoms with E-state index in [1.165, 1.54) is 4.90 Å². The zero-order valence-corrected chi connectivity index (χ0v) is 10.7. The van der Waals surface area contributed by atoms with Crippen LogP contribution in [-0.2, 0) is 0 Å². The third-order valence-electron chi connectivity index (χ3n) is 2.61. The van der Waals surface area contributed by atoms with Crippen LogP contribution in [0.25, 0.3) is 0 Å². The zero-order valence-electron chi connectivity index (χ0n) is 10.7. The molecule has 0 radical (unpaired) electrons. The molecule has 0 fully saturated rings. The van der Waals surface area contributed by atoms with Gasteiger partial charge in [0.25, 0.3) is 17.3 Å². The molecule has 0 aromatic heterocycles. The number of non-ortho nitro benzene ring substituents is 2. The van der Waals surface area contributed by atoms with Crippen LogP contribution in [0.3, 0.4) is 0 Å². The number of amides is 1. The molecule has 1 aromatic rings. The second-order valence-corrected chi connectivity index (χ2v) is 3.86. The molecule has 0 heterocycles. The second kappa shape index (κ2) is 6.57. The van der Waals surface area contributed by atoms with E-state index in [-0.39, 0.29) is 25.3 Å². The Morgan fingerprint density at radius 1 is 1.20 bits per heavy atom. The van der Waals surface area contributed by atoms with Gasteiger partial charge >= 0.3 is 0 Å². The number of hydrogen-bond acceptors (Lipinski definition) is 6. The highest BCUT2D eigenvalue weighted by atomic mass is 16.6. The lowest BCUT2D eigenvalue weighted by atomic mass is 10.1. The third-order valence-corrected chi connectivity index (χ3v) is 2.61. The van der Waals surface area contributed by atoms with Crippen molar-refractivity contribution in [2.45, 2.75) is 6.92 Å². The van der Waals surface area contributed by atoms with Crippen LogP contribution < -0.4 is 0 Å². The number of aliphatic hydroxyl groups excluding tert-OH is 1. The smallest absolute Gasteiger partial charge is 0.277 e. The Hall–Kier alpha value is -2.55. The standard InChI is InChI=1S/C11H13N3O6/c1-2-12(3-4-15)11(16)8-5-9(13(17)18)7-10(6-8)14(19)20/h5-7,15H,2-4H2,1H3. The summed E-state index contributed by atoms with van der Waals surface area (Å²) < 4.78 is 0. The summed E-state index contributed by atoms with van der Waals surface area (Å²) in [5, 5.41) is 30.3. The number of carbonyl (C=O) groups excluding carboxylic acids is 1. The van der Waals surface area contributed by atoms with Crippen LogP contribution >= 0.6 is 0 Å². The number of nitro benzene ring substituents is 2. The monoisotopic (exact) mass is 283 g/mol. The van der Waals surface area contributed by atoms with E-state index < -0.39 is 27.1 Å². The first-order valence-electron chi connectivity index (χ1n) is 5.74. The van der Waals surface area contributed by atoms with Gasteiger partial charge in [-0.25, -0.2) is 0 Å². The molecular formula is C11H13N3O6. The molecule has 0 aliphatic carbocycles. The SMILES string of the molecule is CCN(CCO)C(=O)c1cc([N+](=O)[O-])cc([N+](=O)[O-])c1. The van der Waals surface area contributed by atoms with Crippen molar-refractivity contribution in [1.29, 1.82) is 0 Å². The molecule has 1 N–H and O–H groups in total. The van der Waals surface area contributed by atoms with Gasteiger partial charge in [-0.3, -0.25) is 25.0 Å². The lowest BCUT2D eigenvalue weighted by molar-refractivity contribution is -0.394. The fourth-order valence-electron chi connectivity index (χ4n) is 1.64. The van der Waals surface area contributed by atoms with E-state index in [9.17, 15) is 25.0 Å². The van der Waals surface area contributed by atoms with Gasteiger partial charge in [0.2, 0.25) is 0 Å². The van der Waals surface area contributed by atoms with E-state index in [0.29, 0.717) is 0 Å². The minimum absolute atomic E-state index is 0.0474. The highest BCUT2D eigenvalue weighted by Gasteiger charge is 2.22. The van der Waals surface area contributed by atoms with Crippen molar-refractivity contribution >= 4 is 17.3 Å². The molecule has 1 aromatic carbocycles. The Balaban J connectivity index is 3.25. The average Bonchev–Trinajstić information content (AvgIpc) is 2.43. The summed E-state index contributed by atoms with van der Waals surface area (Å²) in [6.07, 6.45) is 0. The highest BCUT2D eigenvalue weighted by molar-refractivity contribution is 5.95. The number of nitro groups is 2. The van der Waals surface area contributed by atoms with Crippen LogP contribution in [-0.4, -0.2) is 45.5 Å². The van der Waals surface area contributed by atoms with E-state index in [2.05, 4.69) is 0 Å². The Morgan fingerprint density at radius 2 is 1.70 bits per heavy atom. The number of hydrogen-bond donors (Lipinski definition) is 1. The van der Waals surface area contributed by atoms with Crippen molar-refractivity contribution in [3.8, 4) is 0 Å². The van der Waals surface area contributed by atoms with Gasteiger partial charge in [-0.15, -0.1) is 0 Å². The van der Waals surface area contributed by atoms with Crippen molar-refractivity contribution < 1.29 is 19.7 Å². The molecule has 20 heavy (non-hydrogen) atoms. The summed E-state index contributed by atoms with van der Waals surface area (Å²) in [6, 6.07) is 2.75. The van der Waals surface area contributed by atoms with Gasteiger partial charge in [0.05, 0.1) is 28.1 Å². The maximum Gasteiger partial charge on any atom is 0.277 e. The van der Waals surface area contributed by atoms with E-state index in [4.69, 9.17) is 5.11 Å². The first-order chi connectivity index (χ1) is 9.40. The van der Waals surface area contributed by atoms with Crippen LogP contribution in [0.15, 0.2) is 18.2 Å². The summed E-state index contributed by atoms with van der Waals surface area (Å²) in [7, 11) is 0. The lowest BCUT2D eigenvalue weighted by Gasteiger charge is -2.19. The Bertz CT molecular complexity index is 513. The van der Waals surface area contributed by atoms with Crippen LogP contribution in [0.4, 0.5) is 11.4 Å². The topological polar surface area (TPSA) is 127 Å². The van der Waals surface area contributed by atoms with E-state index in [1.807, 2.05) is 0 Å². The summed E-state index contributed by atoms with van der Waals surface area (Å²) in [6.45, 7) is 1.72. The Morgan fingerprint density at radius 3 is 2.05 bits per heavy atom. The largest absolute Gasteiger partial charge is 0.395 e. The fourth-order valence-corrected chi connectivity index (χ4v) is 1.64. The minimum atomic E-state index is -0.799. The van der Waals surface area contributed by atoms with Crippen molar-refractivity contribution in [3.05, 3.63) is 44.0 Å². The van der Waals surface area contributed by atoms with Crippen LogP contribution in [0, 0.1) is 20.2 Å². The van der Waals surface area contributed by atoms with Crippen molar-refractivity contribution in [2.75, 3.05) is 19.7 Å². The molecular weight excluding hydrogens is 270 g/mol. The summed E-state index contributed by atoms with van der Waals surface area (Å²) in [5.74, 6) is -0.603. The number of nitrogens with zero attached hydrogens (tertiary/aromatic N) is 3. The summed E-state index contributed by atoms with van der Waals surface area (Å²) >= 11 is 0.